The fraction of sp³-hybridized carbons (Fsp3) is 1.00. The highest BCUT2D eigenvalue weighted by Gasteiger charge is 2.20. The zero-order valence-corrected chi connectivity index (χ0v) is 8.03. The molecule has 0 spiro atoms. The molecule has 0 saturated heterocycles. The van der Waals surface area contributed by atoms with Gasteiger partial charge >= 0.3 is 0 Å². The summed E-state index contributed by atoms with van der Waals surface area (Å²) in [6, 6.07) is 0. The molecule has 0 radical (unpaired) electrons. The lowest BCUT2D eigenvalue weighted by molar-refractivity contribution is 0.0698. The van der Waals surface area contributed by atoms with Crippen molar-refractivity contribution in [2.45, 2.75) is 5.54 Å². The third-order valence-corrected chi connectivity index (χ3v) is 1.34. The summed E-state index contributed by atoms with van der Waals surface area (Å²) in [4.78, 5) is 0. The fourth-order valence-corrected chi connectivity index (χ4v) is 0.294. The van der Waals surface area contributed by atoms with Gasteiger partial charge in [0.15, 0.2) is 0 Å². The topological polar surface area (TPSA) is 125 Å². The second-order valence-corrected chi connectivity index (χ2v) is 2.73. The average molecular weight is 195 g/mol. The zero-order valence-electron chi connectivity index (χ0n) is 8.03. The first-order chi connectivity index (χ1) is 6.10. The molecule has 0 unspecified atom stereocenters. The molecule has 13 heavy (non-hydrogen) atoms. The molecule has 0 fully saturated rings. The lowest BCUT2D eigenvalue weighted by atomic mass is 10.1. The second-order valence-electron chi connectivity index (χ2n) is 2.73. The minimum atomic E-state index is -1.21. The zero-order chi connectivity index (χ0) is 10.7. The Hall–Kier alpha value is -0.240. The fourth-order valence-electron chi connectivity index (χ4n) is 0.294. The van der Waals surface area contributed by atoms with Gasteiger partial charge in [-0.15, -0.1) is 0 Å². The van der Waals surface area contributed by atoms with Crippen molar-refractivity contribution in [1.29, 1.82) is 0 Å². The quantitative estimate of drug-likeness (QED) is 0.275. The molecule has 0 heterocycles. The van der Waals surface area contributed by atoms with Crippen LogP contribution in [0.1, 0.15) is 0 Å². The minimum absolute atomic E-state index is 0.403. The minimum Gasteiger partial charge on any atom is -0.394 e. The third kappa shape index (κ3) is 9.68. The maximum absolute atomic E-state index is 8.34. The summed E-state index contributed by atoms with van der Waals surface area (Å²) in [5, 5.41) is 27.9. The van der Waals surface area contributed by atoms with Crippen molar-refractivity contribution in [2.75, 3.05) is 40.0 Å². The molecule has 0 aromatic carbocycles. The van der Waals surface area contributed by atoms with Crippen LogP contribution >= 0.6 is 0 Å². The lowest BCUT2D eigenvalue weighted by Crippen LogP contribution is -2.50. The van der Waals surface area contributed by atoms with E-state index in [-0.39, 0.29) is 0 Å². The van der Waals surface area contributed by atoms with Gasteiger partial charge < -0.3 is 32.1 Å². The van der Waals surface area contributed by atoms with Gasteiger partial charge in [-0.3, -0.25) is 0 Å². The largest absolute Gasteiger partial charge is 0.394 e. The molecule has 0 aliphatic rings. The second kappa shape index (κ2) is 9.85. The van der Waals surface area contributed by atoms with Crippen molar-refractivity contribution in [3.8, 4) is 0 Å². The van der Waals surface area contributed by atoms with E-state index >= 15 is 0 Å². The van der Waals surface area contributed by atoms with Crippen LogP contribution in [0.4, 0.5) is 0 Å². The number of aliphatic hydroxyl groups excluding tert-OH is 3. The maximum Gasteiger partial charge on any atom is 0.0856 e. The van der Waals surface area contributed by atoms with Crippen LogP contribution in [0.5, 0.6) is 0 Å². The molecule has 0 aliphatic heterocycles. The van der Waals surface area contributed by atoms with E-state index in [2.05, 4.69) is 5.32 Å². The Balaban J connectivity index is 0. The molecule has 0 saturated carbocycles. The van der Waals surface area contributed by atoms with Gasteiger partial charge in [0.2, 0.25) is 0 Å². The van der Waals surface area contributed by atoms with Gasteiger partial charge in [0, 0.05) is 13.1 Å². The Morgan fingerprint density at radius 1 is 1.15 bits per heavy atom. The molecule has 0 bridgehead atoms. The molecule has 0 aromatic rings. The van der Waals surface area contributed by atoms with E-state index in [1.165, 1.54) is 0 Å². The molecule has 0 amide bonds. The van der Waals surface area contributed by atoms with Gasteiger partial charge in [0.1, 0.15) is 0 Å². The van der Waals surface area contributed by atoms with Crippen LogP contribution in [0.2, 0.25) is 0 Å². The van der Waals surface area contributed by atoms with Crippen LogP contribution in [-0.2, 0) is 0 Å². The molecule has 0 atom stereocenters. The van der Waals surface area contributed by atoms with Gasteiger partial charge in [0.25, 0.3) is 0 Å². The first-order valence-electron chi connectivity index (χ1n) is 4.06. The van der Waals surface area contributed by atoms with Crippen molar-refractivity contribution < 1.29 is 15.3 Å². The van der Waals surface area contributed by atoms with Crippen molar-refractivity contribution in [3.63, 3.8) is 0 Å². The molecular formula is C7H21N3O3. The lowest BCUT2D eigenvalue weighted by Gasteiger charge is -2.20. The summed E-state index contributed by atoms with van der Waals surface area (Å²) in [6.45, 7) is 0.441. The van der Waals surface area contributed by atoms with Crippen molar-refractivity contribution in [1.82, 2.24) is 5.32 Å². The average Bonchev–Trinajstić information content (AvgIpc) is 2.19. The molecule has 6 heteroatoms. The SMILES string of the molecule is CNCCN.NC(CO)(CO)CO. The highest BCUT2D eigenvalue weighted by molar-refractivity contribution is 4.80. The van der Waals surface area contributed by atoms with Gasteiger partial charge in [0.05, 0.1) is 25.4 Å². The molecule has 0 rings (SSSR count). The molecule has 8 N–H and O–H groups in total. The number of nitrogens with one attached hydrogen (secondary N) is 1. The summed E-state index contributed by atoms with van der Waals surface area (Å²) in [5.41, 5.74) is 9.01. The Morgan fingerprint density at radius 3 is 1.54 bits per heavy atom. The van der Waals surface area contributed by atoms with Gasteiger partial charge in [-0.25, -0.2) is 0 Å². The summed E-state index contributed by atoms with van der Waals surface area (Å²) in [6.07, 6.45) is 0. The smallest absolute Gasteiger partial charge is 0.0856 e. The van der Waals surface area contributed by atoms with E-state index in [1.54, 1.807) is 0 Å². The van der Waals surface area contributed by atoms with Crippen LogP contribution in [0.25, 0.3) is 0 Å². The van der Waals surface area contributed by atoms with Crippen LogP contribution < -0.4 is 16.8 Å². The van der Waals surface area contributed by atoms with Crippen molar-refractivity contribution in [3.05, 3.63) is 0 Å². The maximum atomic E-state index is 8.34. The first kappa shape index (κ1) is 15.2. The van der Waals surface area contributed by atoms with Crippen LogP contribution in [-0.4, -0.2) is 60.8 Å². The van der Waals surface area contributed by atoms with E-state index in [9.17, 15) is 0 Å². The summed E-state index contributed by atoms with van der Waals surface area (Å²) in [7, 11) is 1.88. The molecular weight excluding hydrogens is 174 g/mol. The number of aliphatic hydroxyl groups is 3. The van der Waals surface area contributed by atoms with E-state index < -0.39 is 25.4 Å². The summed E-state index contributed by atoms with van der Waals surface area (Å²) in [5.74, 6) is 0. The van der Waals surface area contributed by atoms with E-state index in [0.717, 1.165) is 13.1 Å². The number of likely N-dealkylation sites (N-methyl/N-ethyl adjacent to an activating group) is 1. The van der Waals surface area contributed by atoms with Gasteiger partial charge in [-0.05, 0) is 7.05 Å². The van der Waals surface area contributed by atoms with Gasteiger partial charge in [-0.2, -0.15) is 0 Å². The number of hydrogen-bond donors (Lipinski definition) is 6. The van der Waals surface area contributed by atoms with Crippen LogP contribution in [0.3, 0.4) is 0 Å². The monoisotopic (exact) mass is 195 g/mol. The number of hydrogen-bond acceptors (Lipinski definition) is 6. The van der Waals surface area contributed by atoms with Crippen LogP contribution in [0, 0.1) is 0 Å². The summed E-state index contributed by atoms with van der Waals surface area (Å²) < 4.78 is 0. The highest BCUT2D eigenvalue weighted by Crippen LogP contribution is 1.93. The first-order valence-corrected chi connectivity index (χ1v) is 4.06. The van der Waals surface area contributed by atoms with Crippen LogP contribution in [0.15, 0.2) is 0 Å². The molecule has 82 valence electrons. The normalized spacial score (nSPS) is 10.6. The van der Waals surface area contributed by atoms with Crippen molar-refractivity contribution >= 4 is 0 Å². The Labute approximate surface area is 78.5 Å². The Bertz CT molecular complexity index is 88.7. The van der Waals surface area contributed by atoms with E-state index in [0.29, 0.717) is 0 Å². The molecule has 0 aliphatic carbocycles. The molecule has 0 aromatic heterocycles. The Morgan fingerprint density at radius 2 is 1.54 bits per heavy atom. The molecule has 6 nitrogen and oxygen atoms in total. The number of nitrogens with two attached hydrogens (primary N) is 2. The third-order valence-electron chi connectivity index (χ3n) is 1.34. The van der Waals surface area contributed by atoms with E-state index in [4.69, 9.17) is 26.8 Å². The predicted octanol–water partition coefficient (Wildman–Crippen LogP) is -3.17. The van der Waals surface area contributed by atoms with E-state index in [1.807, 2.05) is 7.05 Å². The van der Waals surface area contributed by atoms with Gasteiger partial charge in [-0.1, -0.05) is 0 Å². The standard InChI is InChI=1S/C4H11NO3.C3H10N2/c5-4(1-6,2-7)3-8;1-5-3-2-4/h6-8H,1-3,5H2;5H,2-4H2,1H3. The van der Waals surface area contributed by atoms with Crippen molar-refractivity contribution in [2.24, 2.45) is 11.5 Å². The predicted molar refractivity (Wildman–Crippen MR) is 51.2 cm³/mol. The Kier molecular flexibility index (Phi) is 11.5. The highest BCUT2D eigenvalue weighted by atomic mass is 16.3. The summed E-state index contributed by atoms with van der Waals surface area (Å²) >= 11 is 0. The number of rotatable bonds is 5.